The minimum atomic E-state index is -3.93. The van der Waals surface area contributed by atoms with Crippen LogP contribution in [0.1, 0.15) is 24.0 Å². The highest BCUT2D eigenvalue weighted by atomic mass is 32.2. The van der Waals surface area contributed by atoms with Gasteiger partial charge in [-0.1, -0.05) is 42.5 Å². The van der Waals surface area contributed by atoms with Crippen molar-refractivity contribution in [1.82, 2.24) is 4.31 Å². The van der Waals surface area contributed by atoms with Gasteiger partial charge in [0.1, 0.15) is 0 Å². The summed E-state index contributed by atoms with van der Waals surface area (Å²) in [5.74, 6) is 0. The molecule has 1 fully saturated rings. The van der Waals surface area contributed by atoms with Crippen LogP contribution in [-0.4, -0.2) is 34.2 Å². The Balaban J connectivity index is 1.70. The quantitative estimate of drug-likeness (QED) is 0.519. The van der Waals surface area contributed by atoms with E-state index in [2.05, 4.69) is 0 Å². The molecule has 0 saturated carbocycles. The predicted molar refractivity (Wildman–Crippen MR) is 125 cm³/mol. The first-order chi connectivity index (χ1) is 15.3. The van der Waals surface area contributed by atoms with E-state index in [1.807, 2.05) is 55.5 Å². The maximum atomic E-state index is 13.6. The van der Waals surface area contributed by atoms with Crippen LogP contribution in [0.15, 0.2) is 88.7 Å². The standard InChI is InChI=1S/C24H26N2O4S2/c1-20-8-7-11-22(18-20)26(19-21-9-3-2-4-10-21)32(29,30)24-14-12-23(13-15-24)31(27,28)25-16-5-6-17-25/h2-4,7-15,18H,5-6,16-17,19H2,1H3. The number of benzene rings is 3. The second kappa shape index (κ2) is 9.05. The number of sulfonamides is 2. The highest BCUT2D eigenvalue weighted by molar-refractivity contribution is 7.92. The van der Waals surface area contributed by atoms with Crippen LogP contribution < -0.4 is 4.31 Å². The molecule has 0 aromatic heterocycles. The van der Waals surface area contributed by atoms with Gasteiger partial charge in [0.25, 0.3) is 10.0 Å². The van der Waals surface area contributed by atoms with Gasteiger partial charge in [0.15, 0.2) is 0 Å². The van der Waals surface area contributed by atoms with E-state index >= 15 is 0 Å². The topological polar surface area (TPSA) is 74.8 Å². The molecule has 1 aliphatic rings. The van der Waals surface area contributed by atoms with Crippen molar-refractivity contribution in [1.29, 1.82) is 0 Å². The summed E-state index contributed by atoms with van der Waals surface area (Å²) in [6.07, 6.45) is 1.69. The molecule has 4 rings (SSSR count). The van der Waals surface area contributed by atoms with E-state index in [9.17, 15) is 16.8 Å². The van der Waals surface area contributed by atoms with E-state index < -0.39 is 20.0 Å². The lowest BCUT2D eigenvalue weighted by molar-refractivity contribution is 0.477. The van der Waals surface area contributed by atoms with Crippen LogP contribution in [0.4, 0.5) is 5.69 Å². The van der Waals surface area contributed by atoms with Crippen molar-refractivity contribution < 1.29 is 16.8 Å². The van der Waals surface area contributed by atoms with Gasteiger partial charge in [-0.3, -0.25) is 4.31 Å². The Morgan fingerprint density at radius 1 is 0.781 bits per heavy atom. The van der Waals surface area contributed by atoms with Crippen LogP contribution in [0, 0.1) is 6.92 Å². The van der Waals surface area contributed by atoms with Gasteiger partial charge in [0.2, 0.25) is 10.0 Å². The van der Waals surface area contributed by atoms with Gasteiger partial charge in [-0.05, 0) is 67.3 Å². The normalized spacial score (nSPS) is 15.0. The molecule has 1 heterocycles. The Morgan fingerprint density at radius 2 is 1.41 bits per heavy atom. The molecule has 1 aliphatic heterocycles. The molecule has 0 unspecified atom stereocenters. The minimum Gasteiger partial charge on any atom is -0.262 e. The van der Waals surface area contributed by atoms with Crippen LogP contribution in [0.3, 0.4) is 0 Å². The Hall–Kier alpha value is -2.68. The summed E-state index contributed by atoms with van der Waals surface area (Å²) < 4.78 is 55.7. The smallest absolute Gasteiger partial charge is 0.262 e. The van der Waals surface area contributed by atoms with Crippen molar-refractivity contribution in [2.24, 2.45) is 0 Å². The minimum absolute atomic E-state index is 0.0512. The number of rotatable bonds is 7. The van der Waals surface area contributed by atoms with E-state index in [1.165, 1.54) is 32.9 Å². The molecule has 0 amide bonds. The zero-order valence-electron chi connectivity index (χ0n) is 17.9. The summed E-state index contributed by atoms with van der Waals surface area (Å²) in [5, 5.41) is 0. The van der Waals surface area contributed by atoms with E-state index in [1.54, 1.807) is 6.07 Å². The first-order valence-electron chi connectivity index (χ1n) is 10.5. The van der Waals surface area contributed by atoms with Crippen molar-refractivity contribution in [2.75, 3.05) is 17.4 Å². The van der Waals surface area contributed by atoms with Gasteiger partial charge in [-0.25, -0.2) is 16.8 Å². The molecule has 6 nitrogen and oxygen atoms in total. The SMILES string of the molecule is Cc1cccc(N(Cc2ccccc2)S(=O)(=O)c2ccc(S(=O)(=O)N3CCCC3)cc2)c1. The number of hydrogen-bond acceptors (Lipinski definition) is 4. The molecule has 3 aromatic rings. The number of nitrogens with zero attached hydrogens (tertiary/aromatic N) is 2. The van der Waals surface area contributed by atoms with Gasteiger partial charge in [0.05, 0.1) is 22.0 Å². The highest BCUT2D eigenvalue weighted by Crippen LogP contribution is 2.28. The van der Waals surface area contributed by atoms with E-state index in [0.29, 0.717) is 18.8 Å². The Kier molecular flexibility index (Phi) is 6.37. The van der Waals surface area contributed by atoms with Crippen LogP contribution in [0.25, 0.3) is 0 Å². The molecule has 0 aliphatic carbocycles. The van der Waals surface area contributed by atoms with Crippen LogP contribution in [0.2, 0.25) is 0 Å². The van der Waals surface area contributed by atoms with Crippen LogP contribution in [0.5, 0.6) is 0 Å². The van der Waals surface area contributed by atoms with Crippen molar-refractivity contribution in [3.05, 3.63) is 90.0 Å². The molecule has 0 radical (unpaired) electrons. The second-order valence-corrected chi connectivity index (χ2v) is 11.7. The number of aryl methyl sites for hydroxylation is 1. The summed E-state index contributed by atoms with van der Waals surface area (Å²) in [5.41, 5.74) is 2.36. The third-order valence-electron chi connectivity index (χ3n) is 5.57. The fourth-order valence-corrected chi connectivity index (χ4v) is 6.80. The summed E-state index contributed by atoms with van der Waals surface area (Å²) in [4.78, 5) is 0.166. The van der Waals surface area contributed by atoms with Gasteiger partial charge in [-0.15, -0.1) is 0 Å². The number of anilines is 1. The maximum Gasteiger partial charge on any atom is 0.264 e. The lowest BCUT2D eigenvalue weighted by Crippen LogP contribution is -2.31. The third kappa shape index (κ3) is 4.57. The van der Waals surface area contributed by atoms with Crippen LogP contribution >= 0.6 is 0 Å². The maximum absolute atomic E-state index is 13.6. The lowest BCUT2D eigenvalue weighted by Gasteiger charge is -2.25. The highest BCUT2D eigenvalue weighted by Gasteiger charge is 2.29. The zero-order valence-corrected chi connectivity index (χ0v) is 19.5. The van der Waals surface area contributed by atoms with Gasteiger partial charge >= 0.3 is 0 Å². The average Bonchev–Trinajstić information content (AvgIpc) is 3.34. The first kappa shape index (κ1) is 22.5. The molecule has 0 bridgehead atoms. The molecular weight excluding hydrogens is 444 g/mol. The molecule has 8 heteroatoms. The Labute approximate surface area is 190 Å². The van der Waals surface area contributed by atoms with E-state index in [-0.39, 0.29) is 16.3 Å². The molecule has 0 N–H and O–H groups in total. The fourth-order valence-electron chi connectivity index (χ4n) is 3.84. The third-order valence-corrected chi connectivity index (χ3v) is 9.27. The molecule has 3 aromatic carbocycles. The van der Waals surface area contributed by atoms with E-state index in [4.69, 9.17) is 0 Å². The molecule has 1 saturated heterocycles. The lowest BCUT2D eigenvalue weighted by atomic mass is 10.2. The summed E-state index contributed by atoms with van der Waals surface area (Å²) in [6, 6.07) is 22.2. The molecule has 168 valence electrons. The monoisotopic (exact) mass is 470 g/mol. The Bertz CT molecular complexity index is 1280. The molecule has 32 heavy (non-hydrogen) atoms. The van der Waals surface area contributed by atoms with Crippen molar-refractivity contribution in [3.8, 4) is 0 Å². The molecule has 0 spiro atoms. The van der Waals surface area contributed by atoms with Crippen molar-refractivity contribution in [2.45, 2.75) is 36.1 Å². The molecular formula is C24H26N2O4S2. The van der Waals surface area contributed by atoms with Gasteiger partial charge in [-0.2, -0.15) is 4.31 Å². The Morgan fingerprint density at radius 3 is 2.03 bits per heavy atom. The van der Waals surface area contributed by atoms with Crippen molar-refractivity contribution >= 4 is 25.7 Å². The van der Waals surface area contributed by atoms with Crippen molar-refractivity contribution in [3.63, 3.8) is 0 Å². The fraction of sp³-hybridized carbons (Fsp3) is 0.250. The second-order valence-electron chi connectivity index (χ2n) is 7.92. The molecule has 0 atom stereocenters. The van der Waals surface area contributed by atoms with Crippen LogP contribution in [-0.2, 0) is 26.6 Å². The van der Waals surface area contributed by atoms with E-state index in [0.717, 1.165) is 24.0 Å². The largest absolute Gasteiger partial charge is 0.264 e. The van der Waals surface area contributed by atoms with Gasteiger partial charge in [0, 0.05) is 13.1 Å². The first-order valence-corrected chi connectivity index (χ1v) is 13.4. The zero-order chi connectivity index (χ0) is 22.8. The average molecular weight is 471 g/mol. The predicted octanol–water partition coefficient (Wildman–Crippen LogP) is 4.18. The summed E-state index contributed by atoms with van der Waals surface area (Å²) in [6.45, 7) is 3.08. The summed E-state index contributed by atoms with van der Waals surface area (Å²) >= 11 is 0. The number of hydrogen-bond donors (Lipinski definition) is 0. The van der Waals surface area contributed by atoms with Gasteiger partial charge < -0.3 is 0 Å². The summed E-state index contributed by atoms with van der Waals surface area (Å²) in [7, 11) is -7.53.